The molecule has 1 aromatic heterocycles. The Hall–Kier alpha value is -2.26. The lowest BCUT2D eigenvalue weighted by atomic mass is 10.2. The van der Waals surface area contributed by atoms with Gasteiger partial charge in [-0.05, 0) is 36.8 Å². The molecule has 0 aliphatic heterocycles. The van der Waals surface area contributed by atoms with E-state index in [1.54, 1.807) is 0 Å². The van der Waals surface area contributed by atoms with E-state index < -0.39 is 0 Å². The molecule has 0 bridgehead atoms. The number of hydrogen-bond donors (Lipinski definition) is 1. The van der Waals surface area contributed by atoms with E-state index in [2.05, 4.69) is 10.4 Å². The van der Waals surface area contributed by atoms with Gasteiger partial charge in [0.15, 0.2) is 0 Å². The van der Waals surface area contributed by atoms with Gasteiger partial charge >= 0.3 is 0 Å². The van der Waals surface area contributed by atoms with Crippen molar-refractivity contribution in [3.05, 3.63) is 76.9 Å². The Morgan fingerprint density at radius 2 is 1.76 bits per heavy atom. The van der Waals surface area contributed by atoms with Gasteiger partial charge in [-0.25, -0.2) is 4.68 Å². The predicted molar refractivity (Wildman–Crippen MR) is 87.1 cm³/mol. The highest BCUT2D eigenvalue weighted by Gasteiger charge is 2.06. The molecule has 1 N–H and O–H groups in total. The maximum absolute atomic E-state index is 5.90. The van der Waals surface area contributed by atoms with Gasteiger partial charge in [-0.3, -0.25) is 0 Å². The molecule has 3 aromatic rings. The van der Waals surface area contributed by atoms with Gasteiger partial charge in [-0.2, -0.15) is 5.10 Å². The minimum absolute atomic E-state index is 0.731. The minimum atomic E-state index is 0.731. The molecule has 106 valence electrons. The fraction of sp³-hybridized carbons (Fsp3) is 0.118. The first-order valence-corrected chi connectivity index (χ1v) is 7.20. The second kappa shape index (κ2) is 6.02. The Balaban J connectivity index is 1.81. The second-order valence-electron chi connectivity index (χ2n) is 4.90. The molecule has 0 fully saturated rings. The van der Waals surface area contributed by atoms with Gasteiger partial charge in [0.05, 0.1) is 11.4 Å². The molecule has 0 atom stereocenters. The molecule has 1 heterocycles. The van der Waals surface area contributed by atoms with Crippen molar-refractivity contribution in [3.8, 4) is 5.69 Å². The fourth-order valence-electron chi connectivity index (χ4n) is 2.19. The number of aromatic nitrogens is 2. The highest BCUT2D eigenvalue weighted by Crippen LogP contribution is 2.18. The Kier molecular flexibility index (Phi) is 3.93. The zero-order valence-corrected chi connectivity index (χ0v) is 12.5. The first kappa shape index (κ1) is 13.7. The van der Waals surface area contributed by atoms with Crippen molar-refractivity contribution in [2.24, 2.45) is 0 Å². The number of anilines is 1. The van der Waals surface area contributed by atoms with Crippen molar-refractivity contribution in [3.63, 3.8) is 0 Å². The van der Waals surface area contributed by atoms with Gasteiger partial charge in [-0.1, -0.05) is 41.9 Å². The SMILES string of the molecule is Cc1cc(NCc2ccc(Cl)cc2)n(-c2ccccc2)n1. The molecule has 21 heavy (non-hydrogen) atoms. The lowest BCUT2D eigenvalue weighted by molar-refractivity contribution is 0.859. The first-order valence-electron chi connectivity index (χ1n) is 6.83. The Labute approximate surface area is 129 Å². The van der Waals surface area contributed by atoms with E-state index in [0.717, 1.165) is 28.8 Å². The lowest BCUT2D eigenvalue weighted by Crippen LogP contribution is -2.06. The average molecular weight is 298 g/mol. The number of para-hydroxylation sites is 1. The molecule has 2 aromatic carbocycles. The van der Waals surface area contributed by atoms with Gasteiger partial charge in [0.1, 0.15) is 5.82 Å². The van der Waals surface area contributed by atoms with Crippen LogP contribution in [0.2, 0.25) is 5.02 Å². The number of nitrogens with zero attached hydrogens (tertiary/aromatic N) is 2. The third kappa shape index (κ3) is 3.26. The predicted octanol–water partition coefficient (Wildman–Crippen LogP) is 4.45. The third-order valence-electron chi connectivity index (χ3n) is 3.22. The van der Waals surface area contributed by atoms with E-state index in [0.29, 0.717) is 0 Å². The summed E-state index contributed by atoms with van der Waals surface area (Å²) >= 11 is 5.90. The lowest BCUT2D eigenvalue weighted by Gasteiger charge is -2.10. The summed E-state index contributed by atoms with van der Waals surface area (Å²) in [5.74, 6) is 0.980. The van der Waals surface area contributed by atoms with Crippen molar-refractivity contribution in [1.29, 1.82) is 0 Å². The van der Waals surface area contributed by atoms with Gasteiger partial charge in [-0.15, -0.1) is 0 Å². The van der Waals surface area contributed by atoms with Gasteiger partial charge in [0, 0.05) is 17.6 Å². The molecule has 3 rings (SSSR count). The Morgan fingerprint density at radius 3 is 2.48 bits per heavy atom. The number of nitrogens with one attached hydrogen (secondary N) is 1. The monoisotopic (exact) mass is 297 g/mol. The van der Waals surface area contributed by atoms with Crippen LogP contribution in [0, 0.1) is 6.92 Å². The second-order valence-corrected chi connectivity index (χ2v) is 5.33. The van der Waals surface area contributed by atoms with Crippen LogP contribution in [0.5, 0.6) is 0 Å². The molecule has 0 radical (unpaired) electrons. The number of halogens is 1. The van der Waals surface area contributed by atoms with Crippen LogP contribution in [-0.4, -0.2) is 9.78 Å². The van der Waals surface area contributed by atoms with Crippen molar-refractivity contribution >= 4 is 17.4 Å². The van der Waals surface area contributed by atoms with Gasteiger partial charge in [0.25, 0.3) is 0 Å². The maximum atomic E-state index is 5.90. The number of rotatable bonds is 4. The highest BCUT2D eigenvalue weighted by molar-refractivity contribution is 6.30. The maximum Gasteiger partial charge on any atom is 0.130 e. The molecule has 0 aliphatic carbocycles. The zero-order valence-electron chi connectivity index (χ0n) is 11.8. The molecule has 0 amide bonds. The van der Waals surface area contributed by atoms with Gasteiger partial charge < -0.3 is 5.32 Å². The third-order valence-corrected chi connectivity index (χ3v) is 3.47. The molecule has 4 heteroatoms. The topological polar surface area (TPSA) is 29.9 Å². The van der Waals surface area contributed by atoms with E-state index in [9.17, 15) is 0 Å². The van der Waals surface area contributed by atoms with Crippen LogP contribution in [0.3, 0.4) is 0 Å². The highest BCUT2D eigenvalue weighted by atomic mass is 35.5. The van der Waals surface area contributed by atoms with Crippen molar-refractivity contribution in [2.45, 2.75) is 13.5 Å². The molecule has 0 spiro atoms. The van der Waals surface area contributed by atoms with Crippen LogP contribution in [0.25, 0.3) is 5.69 Å². The van der Waals surface area contributed by atoms with E-state index in [-0.39, 0.29) is 0 Å². The summed E-state index contributed by atoms with van der Waals surface area (Å²) < 4.78 is 1.92. The molecule has 0 aliphatic rings. The van der Waals surface area contributed by atoms with Crippen LogP contribution >= 0.6 is 11.6 Å². The average Bonchev–Trinajstić information content (AvgIpc) is 2.89. The fourth-order valence-corrected chi connectivity index (χ4v) is 2.31. The normalized spacial score (nSPS) is 10.6. The van der Waals surface area contributed by atoms with Crippen molar-refractivity contribution < 1.29 is 0 Å². The molecular formula is C17H16ClN3. The molecule has 0 saturated heterocycles. The van der Waals surface area contributed by atoms with Crippen molar-refractivity contribution in [2.75, 3.05) is 5.32 Å². The molecule has 3 nitrogen and oxygen atoms in total. The van der Waals surface area contributed by atoms with E-state index in [1.165, 1.54) is 5.56 Å². The summed E-state index contributed by atoms with van der Waals surface area (Å²) in [6, 6.07) is 20.0. The summed E-state index contributed by atoms with van der Waals surface area (Å²) in [7, 11) is 0. The standard InChI is InChI=1S/C17H16ClN3/c1-13-11-17(19-12-14-7-9-15(18)10-8-14)21(20-13)16-5-3-2-4-6-16/h2-11,19H,12H2,1H3. The molecular weight excluding hydrogens is 282 g/mol. The van der Waals surface area contributed by atoms with E-state index in [4.69, 9.17) is 11.6 Å². The summed E-state index contributed by atoms with van der Waals surface area (Å²) in [6.45, 7) is 2.72. The zero-order chi connectivity index (χ0) is 14.7. The largest absolute Gasteiger partial charge is 0.366 e. The van der Waals surface area contributed by atoms with Crippen LogP contribution in [-0.2, 0) is 6.54 Å². The van der Waals surface area contributed by atoms with Crippen LogP contribution in [0.4, 0.5) is 5.82 Å². The first-order chi connectivity index (χ1) is 10.2. The van der Waals surface area contributed by atoms with Crippen LogP contribution in [0.1, 0.15) is 11.3 Å². The van der Waals surface area contributed by atoms with Gasteiger partial charge in [0.2, 0.25) is 0 Å². The summed E-state index contributed by atoms with van der Waals surface area (Å²) in [6.07, 6.45) is 0. The summed E-state index contributed by atoms with van der Waals surface area (Å²) in [4.78, 5) is 0. The van der Waals surface area contributed by atoms with Crippen LogP contribution < -0.4 is 5.32 Å². The van der Waals surface area contributed by atoms with E-state index in [1.807, 2.05) is 72.3 Å². The van der Waals surface area contributed by atoms with Crippen LogP contribution in [0.15, 0.2) is 60.7 Å². The minimum Gasteiger partial charge on any atom is -0.366 e. The quantitative estimate of drug-likeness (QED) is 0.771. The van der Waals surface area contributed by atoms with Crippen molar-refractivity contribution in [1.82, 2.24) is 9.78 Å². The summed E-state index contributed by atoms with van der Waals surface area (Å²) in [5.41, 5.74) is 3.21. The number of benzene rings is 2. The smallest absolute Gasteiger partial charge is 0.130 e. The number of hydrogen-bond acceptors (Lipinski definition) is 2. The Bertz CT molecular complexity index is 718. The summed E-state index contributed by atoms with van der Waals surface area (Å²) in [5, 5.41) is 8.72. The van der Waals surface area contributed by atoms with E-state index >= 15 is 0 Å². The molecule has 0 saturated carbocycles. The number of aryl methyl sites for hydroxylation is 1. The Morgan fingerprint density at radius 1 is 1.05 bits per heavy atom. The molecule has 0 unspecified atom stereocenters.